The van der Waals surface area contributed by atoms with Crippen molar-refractivity contribution in [3.8, 4) is 0 Å². The Labute approximate surface area is 187 Å². The second-order valence-corrected chi connectivity index (χ2v) is 7.62. The number of anilines is 1. The molecule has 1 aliphatic heterocycles. The van der Waals surface area contributed by atoms with Crippen LogP contribution in [0.4, 0.5) is 5.95 Å². The Balaban J connectivity index is 1.61. The first kappa shape index (κ1) is 24.1. The van der Waals surface area contributed by atoms with Gasteiger partial charge in [0.25, 0.3) is 0 Å². The number of rotatable bonds is 10. The van der Waals surface area contributed by atoms with Gasteiger partial charge in [-0.05, 0) is 6.42 Å². The topological polar surface area (TPSA) is 218 Å². The fraction of sp³-hybridized carbons (Fsp3) is 0.588. The molecular formula is C17H25N7O7S. The Morgan fingerprint density at radius 1 is 1.28 bits per heavy atom. The summed E-state index contributed by atoms with van der Waals surface area (Å²) in [4.78, 5) is 35.0. The first-order chi connectivity index (χ1) is 15.2. The summed E-state index contributed by atoms with van der Waals surface area (Å²) in [5, 5.41) is 44.0. The van der Waals surface area contributed by atoms with E-state index in [1.54, 1.807) is 0 Å². The molecule has 14 nitrogen and oxygen atoms in total. The molecule has 1 aliphatic rings. The maximum atomic E-state index is 11.7. The number of aliphatic carboxylic acids is 1. The zero-order chi connectivity index (χ0) is 23.4. The molecule has 1 fully saturated rings. The van der Waals surface area contributed by atoms with E-state index in [0.717, 1.165) is 0 Å². The Morgan fingerprint density at radius 2 is 2.03 bits per heavy atom. The number of imidazole rings is 1. The van der Waals surface area contributed by atoms with Gasteiger partial charge < -0.3 is 41.5 Å². The number of carbonyl (C=O) groups excluding carboxylic acids is 1. The molecule has 2 aromatic rings. The number of carbonyl (C=O) groups is 2. The lowest BCUT2D eigenvalue weighted by Crippen LogP contribution is -2.42. The molecule has 15 heteroatoms. The largest absolute Gasteiger partial charge is 0.481 e. The Bertz CT molecular complexity index is 974. The van der Waals surface area contributed by atoms with Crippen LogP contribution in [-0.4, -0.2) is 95.9 Å². The summed E-state index contributed by atoms with van der Waals surface area (Å²) < 4.78 is 6.95. The van der Waals surface area contributed by atoms with Crippen molar-refractivity contribution >= 4 is 41.6 Å². The van der Waals surface area contributed by atoms with Gasteiger partial charge in [0, 0.05) is 13.1 Å². The van der Waals surface area contributed by atoms with Gasteiger partial charge in [0.1, 0.15) is 28.9 Å². The number of ether oxygens (including phenoxy) is 1. The molecule has 1 saturated heterocycles. The predicted octanol–water partition coefficient (Wildman–Crippen LogP) is -2.55. The SMILES string of the molecule is NC(CC(=O)O)C(=O)NCCCNc1nc(S)c2ncn([C@@H]3O[C@H](CO)C(O)[C@@H]3O)c2n1. The summed E-state index contributed by atoms with van der Waals surface area (Å²) in [6.45, 7) is 0.170. The Morgan fingerprint density at radius 3 is 2.69 bits per heavy atom. The predicted molar refractivity (Wildman–Crippen MR) is 112 cm³/mol. The minimum Gasteiger partial charge on any atom is -0.481 e. The van der Waals surface area contributed by atoms with Crippen LogP contribution in [0.15, 0.2) is 11.4 Å². The number of nitrogens with one attached hydrogen (secondary N) is 2. The number of fused-ring (bicyclic) bond motifs is 1. The van der Waals surface area contributed by atoms with E-state index in [0.29, 0.717) is 24.1 Å². The van der Waals surface area contributed by atoms with Crippen LogP contribution >= 0.6 is 12.6 Å². The second-order valence-electron chi connectivity index (χ2n) is 7.20. The highest BCUT2D eigenvalue weighted by Crippen LogP contribution is 2.32. The lowest BCUT2D eigenvalue weighted by molar-refractivity contribution is -0.139. The molecule has 5 atom stereocenters. The van der Waals surface area contributed by atoms with Crippen LogP contribution in [0, 0.1) is 0 Å². The zero-order valence-electron chi connectivity index (χ0n) is 16.8. The van der Waals surface area contributed by atoms with E-state index in [2.05, 4.69) is 38.2 Å². The zero-order valence-corrected chi connectivity index (χ0v) is 17.7. The molecule has 1 amide bonds. The number of carboxylic acids is 1. The number of amides is 1. The van der Waals surface area contributed by atoms with Crippen molar-refractivity contribution in [1.29, 1.82) is 0 Å². The van der Waals surface area contributed by atoms with E-state index in [-0.39, 0.29) is 17.5 Å². The van der Waals surface area contributed by atoms with Gasteiger partial charge in [-0.15, -0.1) is 12.6 Å². The third-order valence-electron chi connectivity index (χ3n) is 4.86. The number of nitrogens with zero attached hydrogens (tertiary/aromatic N) is 4. The fourth-order valence-corrected chi connectivity index (χ4v) is 3.44. The van der Waals surface area contributed by atoms with Gasteiger partial charge in [0.15, 0.2) is 11.9 Å². The molecule has 0 bridgehead atoms. The third-order valence-corrected chi connectivity index (χ3v) is 5.17. The first-order valence-corrected chi connectivity index (χ1v) is 10.2. The van der Waals surface area contributed by atoms with Gasteiger partial charge >= 0.3 is 5.97 Å². The van der Waals surface area contributed by atoms with Crippen LogP contribution in [0.25, 0.3) is 11.2 Å². The Hall–Kier alpha value is -2.56. The van der Waals surface area contributed by atoms with E-state index >= 15 is 0 Å². The highest BCUT2D eigenvalue weighted by Gasteiger charge is 2.44. The lowest BCUT2D eigenvalue weighted by Gasteiger charge is -2.17. The molecule has 0 saturated carbocycles. The number of aromatic nitrogens is 4. The van der Waals surface area contributed by atoms with Crippen LogP contribution < -0.4 is 16.4 Å². The van der Waals surface area contributed by atoms with E-state index < -0.39 is 55.5 Å². The van der Waals surface area contributed by atoms with Crippen LogP contribution in [-0.2, 0) is 14.3 Å². The number of hydrogen-bond acceptors (Lipinski definition) is 12. The van der Waals surface area contributed by atoms with Crippen LogP contribution in [0.2, 0.25) is 0 Å². The van der Waals surface area contributed by atoms with Crippen LogP contribution in [0.3, 0.4) is 0 Å². The van der Waals surface area contributed by atoms with Gasteiger partial charge in [-0.2, -0.15) is 4.98 Å². The van der Waals surface area contributed by atoms with Crippen molar-refractivity contribution in [3.05, 3.63) is 6.33 Å². The minimum absolute atomic E-state index is 0.213. The van der Waals surface area contributed by atoms with Crippen molar-refractivity contribution < 1.29 is 34.8 Å². The number of thiol groups is 1. The number of nitrogens with two attached hydrogens (primary N) is 1. The van der Waals surface area contributed by atoms with E-state index in [9.17, 15) is 24.9 Å². The number of aliphatic hydroxyl groups is 3. The normalized spacial score (nSPS) is 23.9. The molecule has 0 radical (unpaired) electrons. The molecule has 8 N–H and O–H groups in total. The quantitative estimate of drug-likeness (QED) is 0.102. The van der Waals surface area contributed by atoms with Gasteiger partial charge in [0.05, 0.1) is 25.4 Å². The third kappa shape index (κ3) is 5.25. The van der Waals surface area contributed by atoms with Gasteiger partial charge in [-0.25, -0.2) is 9.97 Å². The highest BCUT2D eigenvalue weighted by molar-refractivity contribution is 7.80. The molecule has 176 valence electrons. The number of hydrogen-bond donors (Lipinski definition) is 8. The molecule has 3 heterocycles. The van der Waals surface area contributed by atoms with Crippen LogP contribution in [0.5, 0.6) is 0 Å². The van der Waals surface area contributed by atoms with Crippen molar-refractivity contribution in [2.24, 2.45) is 5.73 Å². The molecule has 0 aliphatic carbocycles. The number of carboxylic acid groups (broad SMARTS) is 1. The summed E-state index contributed by atoms with van der Waals surface area (Å²) in [6.07, 6.45) is -3.12. The van der Waals surface area contributed by atoms with Crippen molar-refractivity contribution in [1.82, 2.24) is 24.8 Å². The van der Waals surface area contributed by atoms with E-state index in [1.807, 2.05) is 0 Å². The Kier molecular flexibility index (Phi) is 7.81. The van der Waals surface area contributed by atoms with Crippen molar-refractivity contribution in [2.45, 2.75) is 48.4 Å². The van der Waals surface area contributed by atoms with E-state index in [4.69, 9.17) is 15.6 Å². The van der Waals surface area contributed by atoms with E-state index in [1.165, 1.54) is 10.9 Å². The fourth-order valence-electron chi connectivity index (χ4n) is 3.19. The van der Waals surface area contributed by atoms with Gasteiger partial charge in [-0.3, -0.25) is 14.2 Å². The van der Waals surface area contributed by atoms with Crippen LogP contribution in [0.1, 0.15) is 19.1 Å². The monoisotopic (exact) mass is 471 g/mol. The highest BCUT2D eigenvalue weighted by atomic mass is 32.1. The molecule has 0 spiro atoms. The maximum Gasteiger partial charge on any atom is 0.305 e. The standard InChI is InChI=1S/C17H25N7O7S/c18-7(4-9(26)27)14(30)19-2-1-3-20-17-22-13-10(15(32)23-17)21-6-24(13)16-12(29)11(28)8(5-25)31-16/h6-8,11-12,16,25,28-29H,1-5,18H2,(H,19,30)(H,26,27)(H2,20,22,23,32)/t7?,8-,11?,12+,16-/m1/s1. The molecule has 3 rings (SSSR count). The maximum absolute atomic E-state index is 11.7. The summed E-state index contributed by atoms with van der Waals surface area (Å²) >= 11 is 4.31. The molecule has 32 heavy (non-hydrogen) atoms. The molecule has 2 aromatic heterocycles. The minimum atomic E-state index is -1.30. The average molecular weight is 471 g/mol. The summed E-state index contributed by atoms with van der Waals surface area (Å²) in [6, 6.07) is -1.12. The van der Waals surface area contributed by atoms with Crippen molar-refractivity contribution in [2.75, 3.05) is 25.0 Å². The number of aliphatic hydroxyl groups excluding tert-OH is 3. The van der Waals surface area contributed by atoms with Gasteiger partial charge in [-0.1, -0.05) is 0 Å². The summed E-state index contributed by atoms with van der Waals surface area (Å²) in [5.74, 6) is -1.49. The van der Waals surface area contributed by atoms with Crippen molar-refractivity contribution in [3.63, 3.8) is 0 Å². The first-order valence-electron chi connectivity index (χ1n) is 9.77. The molecular weight excluding hydrogens is 446 g/mol. The second kappa shape index (κ2) is 10.4. The molecule has 0 aromatic carbocycles. The molecule has 2 unspecified atom stereocenters. The van der Waals surface area contributed by atoms with Gasteiger partial charge in [0.2, 0.25) is 11.9 Å². The lowest BCUT2D eigenvalue weighted by atomic mass is 10.1. The average Bonchev–Trinajstić information content (AvgIpc) is 3.28. The summed E-state index contributed by atoms with van der Waals surface area (Å²) in [7, 11) is 0. The smallest absolute Gasteiger partial charge is 0.305 e. The summed E-state index contributed by atoms with van der Waals surface area (Å²) in [5.41, 5.74) is 6.14.